The molecule has 2 atom stereocenters. The zero-order valence-corrected chi connectivity index (χ0v) is 10.4. The molecular formula is C15H15N3. The monoisotopic (exact) mass is 237 g/mol. The van der Waals surface area contributed by atoms with Crippen LogP contribution in [0.3, 0.4) is 0 Å². The second kappa shape index (κ2) is 3.75. The molecule has 1 fully saturated rings. The minimum absolute atomic E-state index is 0.0250. The van der Waals surface area contributed by atoms with E-state index in [1.165, 1.54) is 5.69 Å². The zero-order chi connectivity index (χ0) is 12.8. The number of nitrogens with zero attached hydrogens (tertiary/aromatic N) is 3. The highest BCUT2D eigenvalue weighted by Crippen LogP contribution is 2.52. The van der Waals surface area contributed by atoms with Crippen LogP contribution in [-0.4, -0.2) is 12.6 Å². The van der Waals surface area contributed by atoms with Gasteiger partial charge in [-0.25, -0.2) is 0 Å². The van der Waals surface area contributed by atoms with Crippen molar-refractivity contribution >= 4 is 5.69 Å². The first kappa shape index (κ1) is 11.1. The summed E-state index contributed by atoms with van der Waals surface area (Å²) < 4.78 is 0. The van der Waals surface area contributed by atoms with Gasteiger partial charge in [0.15, 0.2) is 5.41 Å². The summed E-state index contributed by atoms with van der Waals surface area (Å²) in [6.45, 7) is 2.97. The first-order valence-electron chi connectivity index (χ1n) is 6.42. The Labute approximate surface area is 107 Å². The van der Waals surface area contributed by atoms with Crippen LogP contribution in [0.4, 0.5) is 5.69 Å². The summed E-state index contributed by atoms with van der Waals surface area (Å²) in [5.41, 5.74) is 1.46. The van der Waals surface area contributed by atoms with Crippen molar-refractivity contribution in [1.29, 1.82) is 10.5 Å². The van der Waals surface area contributed by atoms with Crippen molar-refractivity contribution in [3.05, 3.63) is 29.8 Å². The van der Waals surface area contributed by atoms with Gasteiger partial charge in [0.05, 0.1) is 18.2 Å². The van der Waals surface area contributed by atoms with Gasteiger partial charge in [-0.1, -0.05) is 25.1 Å². The number of para-hydroxylation sites is 1. The smallest absolute Gasteiger partial charge is 0.170 e. The number of hydrogen-bond donors (Lipinski definition) is 0. The Bertz CT molecular complexity index is 550. The van der Waals surface area contributed by atoms with Crippen LogP contribution in [0.1, 0.15) is 31.2 Å². The predicted molar refractivity (Wildman–Crippen MR) is 68.9 cm³/mol. The van der Waals surface area contributed by atoms with Gasteiger partial charge in [0.1, 0.15) is 0 Å². The first-order valence-corrected chi connectivity index (χ1v) is 6.42. The van der Waals surface area contributed by atoms with Crippen LogP contribution in [0.2, 0.25) is 0 Å². The predicted octanol–water partition coefficient (Wildman–Crippen LogP) is 2.81. The molecule has 3 rings (SSSR count). The zero-order valence-electron chi connectivity index (χ0n) is 10.4. The van der Waals surface area contributed by atoms with Gasteiger partial charge in [-0.05, 0) is 24.5 Å². The van der Waals surface area contributed by atoms with Gasteiger partial charge < -0.3 is 4.90 Å². The lowest BCUT2D eigenvalue weighted by atomic mass is 9.66. The number of hydrogen-bond acceptors (Lipinski definition) is 3. The fourth-order valence-electron chi connectivity index (χ4n) is 3.55. The van der Waals surface area contributed by atoms with E-state index in [4.69, 9.17) is 0 Å². The summed E-state index contributed by atoms with van der Waals surface area (Å²) in [4.78, 5) is 2.27. The molecule has 2 aliphatic heterocycles. The largest absolute Gasteiger partial charge is 0.366 e. The van der Waals surface area contributed by atoms with Crippen molar-refractivity contribution in [3.63, 3.8) is 0 Å². The van der Waals surface area contributed by atoms with Gasteiger partial charge in [-0.15, -0.1) is 0 Å². The van der Waals surface area contributed by atoms with Crippen molar-refractivity contribution in [2.75, 3.05) is 11.4 Å². The van der Waals surface area contributed by atoms with Crippen LogP contribution in [-0.2, 0) is 0 Å². The lowest BCUT2D eigenvalue weighted by molar-refractivity contribution is 0.331. The Morgan fingerprint density at radius 3 is 2.72 bits per heavy atom. The molecule has 0 amide bonds. The lowest BCUT2D eigenvalue weighted by Crippen LogP contribution is -2.49. The fraction of sp³-hybridized carbons (Fsp3) is 0.467. The standard InChI is InChI=1S/C15H15N3/c1-11-12-5-2-3-6-13(12)18-8-4-7-14(18)15(11,9-16)10-17/h2-3,5-6,11,14H,4,7-8H2,1H3/t11-,14-/m1/s1. The van der Waals surface area contributed by atoms with E-state index in [2.05, 4.69) is 29.2 Å². The number of benzene rings is 1. The van der Waals surface area contributed by atoms with Crippen molar-refractivity contribution < 1.29 is 0 Å². The van der Waals surface area contributed by atoms with Crippen LogP contribution in [0.15, 0.2) is 24.3 Å². The Kier molecular flexibility index (Phi) is 2.31. The summed E-state index contributed by atoms with van der Waals surface area (Å²) in [7, 11) is 0. The number of anilines is 1. The van der Waals surface area contributed by atoms with Crippen LogP contribution < -0.4 is 4.90 Å². The van der Waals surface area contributed by atoms with E-state index < -0.39 is 5.41 Å². The molecule has 1 aromatic rings. The molecule has 0 aliphatic carbocycles. The molecule has 0 spiro atoms. The molecular weight excluding hydrogens is 222 g/mol. The SMILES string of the molecule is C[C@@H]1c2ccccc2N2CCC[C@@H]2C1(C#N)C#N. The fourth-order valence-corrected chi connectivity index (χ4v) is 3.55. The average molecular weight is 237 g/mol. The summed E-state index contributed by atoms with van der Waals surface area (Å²) in [5, 5.41) is 19.2. The summed E-state index contributed by atoms with van der Waals surface area (Å²) in [6, 6.07) is 12.9. The Morgan fingerprint density at radius 1 is 1.28 bits per heavy atom. The van der Waals surface area contributed by atoms with E-state index in [1.807, 2.05) is 19.1 Å². The minimum atomic E-state index is -0.898. The van der Waals surface area contributed by atoms with Crippen LogP contribution in [0.25, 0.3) is 0 Å². The van der Waals surface area contributed by atoms with Crippen LogP contribution in [0.5, 0.6) is 0 Å². The third-order valence-electron chi connectivity index (χ3n) is 4.54. The molecule has 3 nitrogen and oxygen atoms in total. The molecule has 90 valence electrons. The maximum absolute atomic E-state index is 9.59. The van der Waals surface area contributed by atoms with E-state index >= 15 is 0 Å². The third kappa shape index (κ3) is 1.17. The Hall–Kier alpha value is -2.00. The summed E-state index contributed by atoms with van der Waals surface area (Å²) in [6.07, 6.45) is 2.01. The number of fused-ring (bicyclic) bond motifs is 3. The molecule has 0 N–H and O–H groups in total. The molecule has 0 radical (unpaired) electrons. The molecule has 2 heterocycles. The van der Waals surface area contributed by atoms with Crippen molar-refractivity contribution in [3.8, 4) is 12.1 Å². The second-order valence-electron chi connectivity index (χ2n) is 5.22. The molecule has 2 aliphatic rings. The van der Waals surface area contributed by atoms with Gasteiger partial charge in [0.25, 0.3) is 0 Å². The molecule has 0 saturated carbocycles. The van der Waals surface area contributed by atoms with Crippen LogP contribution in [0, 0.1) is 28.1 Å². The molecule has 18 heavy (non-hydrogen) atoms. The van der Waals surface area contributed by atoms with Crippen molar-refractivity contribution in [2.45, 2.75) is 31.7 Å². The van der Waals surface area contributed by atoms with Crippen molar-refractivity contribution in [1.82, 2.24) is 0 Å². The molecule has 1 aromatic carbocycles. The lowest BCUT2D eigenvalue weighted by Gasteiger charge is -2.44. The summed E-state index contributed by atoms with van der Waals surface area (Å²) in [5.74, 6) is -0.0250. The van der Waals surface area contributed by atoms with Gasteiger partial charge >= 0.3 is 0 Å². The topological polar surface area (TPSA) is 50.8 Å². The highest BCUT2D eigenvalue weighted by Gasteiger charge is 2.53. The maximum atomic E-state index is 9.59. The van der Waals surface area contributed by atoms with Gasteiger partial charge in [0.2, 0.25) is 0 Å². The Balaban J connectivity index is 2.24. The highest BCUT2D eigenvalue weighted by atomic mass is 15.2. The Morgan fingerprint density at radius 2 is 2.00 bits per heavy atom. The van der Waals surface area contributed by atoms with Gasteiger partial charge in [-0.2, -0.15) is 10.5 Å². The number of nitriles is 2. The first-order chi connectivity index (χ1) is 8.74. The summed E-state index contributed by atoms with van der Waals surface area (Å²) >= 11 is 0. The third-order valence-corrected chi connectivity index (χ3v) is 4.54. The molecule has 0 bridgehead atoms. The molecule has 0 unspecified atom stereocenters. The van der Waals surface area contributed by atoms with Crippen molar-refractivity contribution in [2.24, 2.45) is 5.41 Å². The highest BCUT2D eigenvalue weighted by molar-refractivity contribution is 5.62. The van der Waals surface area contributed by atoms with E-state index in [9.17, 15) is 10.5 Å². The van der Waals surface area contributed by atoms with E-state index in [0.717, 1.165) is 24.9 Å². The molecule has 0 aromatic heterocycles. The quantitative estimate of drug-likeness (QED) is 0.697. The van der Waals surface area contributed by atoms with Crippen LogP contribution >= 0.6 is 0 Å². The second-order valence-corrected chi connectivity index (χ2v) is 5.22. The van der Waals surface area contributed by atoms with E-state index in [1.54, 1.807) is 0 Å². The number of rotatable bonds is 0. The molecule has 3 heteroatoms. The minimum Gasteiger partial charge on any atom is -0.366 e. The van der Waals surface area contributed by atoms with E-state index in [0.29, 0.717) is 0 Å². The maximum Gasteiger partial charge on any atom is 0.170 e. The van der Waals surface area contributed by atoms with E-state index in [-0.39, 0.29) is 12.0 Å². The van der Waals surface area contributed by atoms with Gasteiger partial charge in [0, 0.05) is 18.2 Å². The molecule has 1 saturated heterocycles. The van der Waals surface area contributed by atoms with Gasteiger partial charge in [-0.3, -0.25) is 0 Å². The average Bonchev–Trinajstić information content (AvgIpc) is 2.90. The normalized spacial score (nSPS) is 27.8.